The predicted octanol–water partition coefficient (Wildman–Crippen LogP) is 1.62. The van der Waals surface area contributed by atoms with E-state index in [1.54, 1.807) is 19.0 Å². The zero-order chi connectivity index (χ0) is 15.8. The number of hydrogen-bond acceptors (Lipinski definition) is 3. The largest absolute Gasteiger partial charge is 0.494 e. The molecular weight excluding hydrogens is 265 g/mol. The van der Waals surface area contributed by atoms with Gasteiger partial charge in [0.1, 0.15) is 0 Å². The highest BCUT2D eigenvalue weighted by Gasteiger charge is 2.51. The molecule has 1 heterocycles. The van der Waals surface area contributed by atoms with Gasteiger partial charge in [-0.3, -0.25) is 4.79 Å². The summed E-state index contributed by atoms with van der Waals surface area (Å²) < 4.78 is 12.0. The first-order valence-electron chi connectivity index (χ1n) is 7.27. The van der Waals surface area contributed by atoms with Crippen molar-refractivity contribution in [3.8, 4) is 0 Å². The van der Waals surface area contributed by atoms with Crippen LogP contribution >= 0.6 is 0 Å². The number of amides is 1. The van der Waals surface area contributed by atoms with E-state index < -0.39 is 0 Å². The third-order valence-corrected chi connectivity index (χ3v) is 4.36. The van der Waals surface area contributed by atoms with Crippen molar-refractivity contribution in [2.75, 3.05) is 14.1 Å². The van der Waals surface area contributed by atoms with Gasteiger partial charge in [-0.05, 0) is 38.7 Å². The van der Waals surface area contributed by atoms with Crippen LogP contribution in [0.1, 0.15) is 33.3 Å². The SMILES string of the molecule is CN(C)C(=O)Cc1ccc(B2OC(C)(C)C(C)(C)O2)cc1. The standard InChI is InChI=1S/C16H24BNO3/c1-15(2)16(3,4)21-17(20-15)13-9-7-12(8-10-13)11-14(19)18(5)6/h7-10H,11H2,1-6H3. The highest BCUT2D eigenvalue weighted by Crippen LogP contribution is 2.36. The lowest BCUT2D eigenvalue weighted by atomic mass is 9.79. The molecule has 4 nitrogen and oxygen atoms in total. The van der Waals surface area contributed by atoms with Crippen LogP contribution in [-0.4, -0.2) is 43.2 Å². The summed E-state index contributed by atoms with van der Waals surface area (Å²) in [5, 5.41) is 0. The Labute approximate surface area is 127 Å². The Morgan fingerprint density at radius 3 is 1.95 bits per heavy atom. The number of nitrogens with zero attached hydrogens (tertiary/aromatic N) is 1. The van der Waals surface area contributed by atoms with Gasteiger partial charge in [-0.25, -0.2) is 0 Å². The van der Waals surface area contributed by atoms with Crippen LogP contribution in [0.3, 0.4) is 0 Å². The van der Waals surface area contributed by atoms with E-state index in [4.69, 9.17) is 9.31 Å². The summed E-state index contributed by atoms with van der Waals surface area (Å²) in [5.41, 5.74) is 1.30. The van der Waals surface area contributed by atoms with E-state index in [1.807, 2.05) is 52.0 Å². The van der Waals surface area contributed by atoms with Crippen LogP contribution in [0, 0.1) is 0 Å². The Hall–Kier alpha value is -1.33. The molecular formula is C16H24BNO3. The van der Waals surface area contributed by atoms with Crippen LogP contribution in [-0.2, 0) is 20.5 Å². The molecule has 0 aliphatic carbocycles. The summed E-state index contributed by atoms with van der Waals surface area (Å²) in [6.07, 6.45) is 0.413. The van der Waals surface area contributed by atoms with Gasteiger partial charge in [0, 0.05) is 14.1 Å². The zero-order valence-corrected chi connectivity index (χ0v) is 13.8. The quantitative estimate of drug-likeness (QED) is 0.794. The number of benzene rings is 1. The maximum atomic E-state index is 11.7. The molecule has 0 N–H and O–H groups in total. The fourth-order valence-corrected chi connectivity index (χ4v) is 2.10. The first kappa shape index (κ1) is 16.1. The van der Waals surface area contributed by atoms with E-state index in [1.165, 1.54) is 0 Å². The van der Waals surface area contributed by atoms with E-state index in [0.29, 0.717) is 6.42 Å². The lowest BCUT2D eigenvalue weighted by molar-refractivity contribution is -0.127. The normalized spacial score (nSPS) is 19.6. The average Bonchev–Trinajstić information content (AvgIpc) is 2.59. The molecule has 0 spiro atoms. The number of likely N-dealkylation sites (N-methyl/N-ethyl adjacent to an activating group) is 1. The molecule has 2 rings (SSSR count). The molecule has 1 aliphatic heterocycles. The highest BCUT2D eigenvalue weighted by atomic mass is 16.7. The van der Waals surface area contributed by atoms with Crippen LogP contribution in [0.4, 0.5) is 0 Å². The number of rotatable bonds is 3. The topological polar surface area (TPSA) is 38.8 Å². The van der Waals surface area contributed by atoms with Crippen LogP contribution in [0.5, 0.6) is 0 Å². The Morgan fingerprint density at radius 1 is 1.05 bits per heavy atom. The first-order chi connectivity index (χ1) is 9.62. The summed E-state index contributed by atoms with van der Waals surface area (Å²) in [7, 11) is 3.18. The molecule has 0 radical (unpaired) electrons. The van der Waals surface area contributed by atoms with Gasteiger partial charge in [-0.1, -0.05) is 24.3 Å². The van der Waals surface area contributed by atoms with Crippen molar-refractivity contribution in [1.29, 1.82) is 0 Å². The molecule has 1 saturated heterocycles. The third kappa shape index (κ3) is 3.30. The molecule has 1 aromatic carbocycles. The zero-order valence-electron chi connectivity index (χ0n) is 13.8. The first-order valence-corrected chi connectivity index (χ1v) is 7.27. The third-order valence-electron chi connectivity index (χ3n) is 4.36. The molecule has 0 bridgehead atoms. The van der Waals surface area contributed by atoms with Crippen molar-refractivity contribution in [3.05, 3.63) is 29.8 Å². The summed E-state index contributed by atoms with van der Waals surface area (Å²) in [6, 6.07) is 7.87. The predicted molar refractivity (Wildman–Crippen MR) is 84.6 cm³/mol. The van der Waals surface area contributed by atoms with Gasteiger partial charge in [0.25, 0.3) is 0 Å². The molecule has 1 amide bonds. The minimum atomic E-state index is -0.353. The van der Waals surface area contributed by atoms with E-state index >= 15 is 0 Å². The van der Waals surface area contributed by atoms with E-state index in [-0.39, 0.29) is 24.2 Å². The van der Waals surface area contributed by atoms with E-state index in [2.05, 4.69) is 0 Å². The second-order valence-electron chi connectivity index (χ2n) is 6.79. The van der Waals surface area contributed by atoms with Crippen molar-refractivity contribution in [1.82, 2.24) is 4.90 Å². The number of carbonyl (C=O) groups excluding carboxylic acids is 1. The Bertz CT molecular complexity index is 507. The molecule has 1 fully saturated rings. The highest BCUT2D eigenvalue weighted by molar-refractivity contribution is 6.62. The van der Waals surface area contributed by atoms with Gasteiger partial charge in [0.05, 0.1) is 17.6 Å². The van der Waals surface area contributed by atoms with Crippen LogP contribution < -0.4 is 5.46 Å². The molecule has 0 aromatic heterocycles. The van der Waals surface area contributed by atoms with Gasteiger partial charge in [-0.15, -0.1) is 0 Å². The number of carbonyl (C=O) groups is 1. The minimum absolute atomic E-state index is 0.0957. The summed E-state index contributed by atoms with van der Waals surface area (Å²) >= 11 is 0. The average molecular weight is 289 g/mol. The monoisotopic (exact) mass is 289 g/mol. The van der Waals surface area contributed by atoms with Crippen molar-refractivity contribution < 1.29 is 14.1 Å². The second-order valence-corrected chi connectivity index (χ2v) is 6.79. The Morgan fingerprint density at radius 2 is 1.52 bits per heavy atom. The molecule has 0 atom stereocenters. The minimum Gasteiger partial charge on any atom is -0.399 e. The fourth-order valence-electron chi connectivity index (χ4n) is 2.10. The Kier molecular flexibility index (Phi) is 4.18. The fraction of sp³-hybridized carbons (Fsp3) is 0.562. The second kappa shape index (κ2) is 5.46. The summed E-state index contributed by atoms with van der Waals surface area (Å²) in [4.78, 5) is 13.3. The van der Waals surface area contributed by atoms with Gasteiger partial charge in [0.2, 0.25) is 5.91 Å². The molecule has 1 aliphatic rings. The van der Waals surface area contributed by atoms with Gasteiger partial charge < -0.3 is 14.2 Å². The summed E-state index contributed by atoms with van der Waals surface area (Å²) in [5.74, 6) is 0.0957. The molecule has 5 heteroatoms. The maximum absolute atomic E-state index is 11.7. The molecule has 21 heavy (non-hydrogen) atoms. The van der Waals surface area contributed by atoms with Crippen molar-refractivity contribution >= 4 is 18.5 Å². The van der Waals surface area contributed by atoms with Gasteiger partial charge in [-0.2, -0.15) is 0 Å². The Balaban J connectivity index is 2.09. The molecule has 114 valence electrons. The smallest absolute Gasteiger partial charge is 0.399 e. The van der Waals surface area contributed by atoms with Crippen molar-refractivity contribution in [3.63, 3.8) is 0 Å². The lowest BCUT2D eigenvalue weighted by Crippen LogP contribution is -2.41. The van der Waals surface area contributed by atoms with Crippen LogP contribution in [0.2, 0.25) is 0 Å². The van der Waals surface area contributed by atoms with Gasteiger partial charge >= 0.3 is 7.12 Å². The van der Waals surface area contributed by atoms with Crippen molar-refractivity contribution in [2.45, 2.75) is 45.3 Å². The molecule has 0 unspecified atom stereocenters. The number of hydrogen-bond donors (Lipinski definition) is 0. The summed E-state index contributed by atoms with van der Waals surface area (Å²) in [6.45, 7) is 8.16. The lowest BCUT2D eigenvalue weighted by Gasteiger charge is -2.32. The van der Waals surface area contributed by atoms with Crippen LogP contribution in [0.15, 0.2) is 24.3 Å². The molecule has 0 saturated carbocycles. The van der Waals surface area contributed by atoms with Gasteiger partial charge in [0.15, 0.2) is 0 Å². The van der Waals surface area contributed by atoms with E-state index in [9.17, 15) is 4.79 Å². The van der Waals surface area contributed by atoms with Crippen LogP contribution in [0.25, 0.3) is 0 Å². The molecule has 1 aromatic rings. The van der Waals surface area contributed by atoms with E-state index in [0.717, 1.165) is 11.0 Å². The van der Waals surface area contributed by atoms with Crippen molar-refractivity contribution in [2.24, 2.45) is 0 Å². The maximum Gasteiger partial charge on any atom is 0.494 e.